The molecule has 4 aliphatic rings. The number of methoxy groups -OCH3 is 1. The number of ether oxygens (including phenoxy) is 1. The molecule has 0 spiro atoms. The summed E-state index contributed by atoms with van der Waals surface area (Å²) in [6.45, 7) is 8.56. The smallest absolute Gasteiger partial charge is 0.404 e. The van der Waals surface area contributed by atoms with Crippen molar-refractivity contribution in [3.63, 3.8) is 0 Å². The topological polar surface area (TPSA) is 101 Å². The van der Waals surface area contributed by atoms with Gasteiger partial charge in [0.25, 0.3) is 5.91 Å². The fourth-order valence-corrected chi connectivity index (χ4v) is 9.97. The first-order valence-corrected chi connectivity index (χ1v) is 20.7. The van der Waals surface area contributed by atoms with Crippen LogP contribution in [0.1, 0.15) is 85.3 Å². The minimum Gasteiger partial charge on any atom is -0.497 e. The predicted molar refractivity (Wildman–Crippen MR) is 206 cm³/mol. The number of hydrogen-bond acceptors (Lipinski definition) is 6. The third kappa shape index (κ3) is 8.14. The zero-order chi connectivity index (χ0) is 39.3. The third-order valence-corrected chi connectivity index (χ3v) is 12.8. The maximum atomic E-state index is 14.7. The molecule has 4 heterocycles. The number of halogens is 3. The number of hydrogen-bond donors (Lipinski definition) is 1. The molecule has 2 bridgehead atoms. The Balaban J connectivity index is 1.29. The van der Waals surface area contributed by atoms with E-state index in [-0.39, 0.29) is 36.0 Å². The second kappa shape index (κ2) is 14.9. The number of aromatic nitrogens is 1. The van der Waals surface area contributed by atoms with Crippen molar-refractivity contribution in [3.05, 3.63) is 89.0 Å². The summed E-state index contributed by atoms with van der Waals surface area (Å²) >= 11 is 0. The van der Waals surface area contributed by atoms with Crippen LogP contribution < -0.4 is 9.46 Å². The van der Waals surface area contributed by atoms with Gasteiger partial charge in [0.05, 0.1) is 18.2 Å². The molecule has 1 saturated carbocycles. The van der Waals surface area contributed by atoms with Crippen molar-refractivity contribution < 1.29 is 35.9 Å². The molecule has 55 heavy (non-hydrogen) atoms. The fourth-order valence-electron chi connectivity index (χ4n) is 9.07. The van der Waals surface area contributed by atoms with Crippen molar-refractivity contribution in [1.29, 1.82) is 0 Å². The number of benzene rings is 3. The molecule has 1 aliphatic carbocycles. The molecular formula is C42H49F3N4O5S. The molecule has 3 saturated heterocycles. The first kappa shape index (κ1) is 38.9. The van der Waals surface area contributed by atoms with E-state index >= 15 is 0 Å². The summed E-state index contributed by atoms with van der Waals surface area (Å²) in [7, 11) is -3.39. The van der Waals surface area contributed by atoms with Gasteiger partial charge in [-0.15, -0.1) is 0 Å². The lowest BCUT2D eigenvalue weighted by Gasteiger charge is -2.58. The van der Waals surface area contributed by atoms with Crippen LogP contribution in [0.4, 0.5) is 13.2 Å². The third-order valence-electron chi connectivity index (χ3n) is 11.6. The number of aryl methyl sites for hydroxylation is 1. The highest BCUT2D eigenvalue weighted by atomic mass is 32.2. The van der Waals surface area contributed by atoms with Crippen molar-refractivity contribution in [3.8, 4) is 17.0 Å². The summed E-state index contributed by atoms with van der Waals surface area (Å²) in [5, 5.41) is 0.868. The summed E-state index contributed by atoms with van der Waals surface area (Å²) < 4.78 is 73.1. The van der Waals surface area contributed by atoms with Crippen molar-refractivity contribution in [2.24, 2.45) is 5.41 Å². The van der Waals surface area contributed by atoms with Gasteiger partial charge in [0.2, 0.25) is 15.9 Å². The monoisotopic (exact) mass is 778 g/mol. The zero-order valence-corrected chi connectivity index (χ0v) is 32.6. The number of amides is 2. The number of nitrogens with zero attached hydrogens (tertiary/aromatic N) is 3. The van der Waals surface area contributed by atoms with Gasteiger partial charge in [-0.2, -0.15) is 13.2 Å². The Hall–Kier alpha value is -4.36. The van der Waals surface area contributed by atoms with Gasteiger partial charge >= 0.3 is 6.18 Å². The lowest BCUT2D eigenvalue weighted by Crippen LogP contribution is -2.71. The maximum absolute atomic E-state index is 14.7. The van der Waals surface area contributed by atoms with Crippen LogP contribution in [-0.2, 0) is 27.9 Å². The minimum atomic E-state index is -5.02. The highest BCUT2D eigenvalue weighted by Crippen LogP contribution is 2.47. The number of fused-ring (bicyclic) bond motifs is 3. The van der Waals surface area contributed by atoms with E-state index in [2.05, 4.69) is 26.5 Å². The van der Waals surface area contributed by atoms with Crippen LogP contribution >= 0.6 is 0 Å². The molecule has 4 fully saturated rings. The van der Waals surface area contributed by atoms with Crippen molar-refractivity contribution in [2.75, 3.05) is 26.0 Å². The highest BCUT2D eigenvalue weighted by Gasteiger charge is 2.50. The molecule has 2 amide bonds. The average molecular weight is 779 g/mol. The van der Waals surface area contributed by atoms with E-state index in [1.54, 1.807) is 24.0 Å². The predicted octanol–water partition coefficient (Wildman–Crippen LogP) is 7.81. The molecular weight excluding hydrogens is 730 g/mol. The van der Waals surface area contributed by atoms with E-state index in [4.69, 9.17) is 4.74 Å². The molecule has 2 atom stereocenters. The Morgan fingerprint density at radius 2 is 1.62 bits per heavy atom. The number of rotatable bonds is 11. The summed E-state index contributed by atoms with van der Waals surface area (Å²) in [4.78, 5) is 32.5. The molecule has 1 N–H and O–H groups in total. The van der Waals surface area contributed by atoms with Gasteiger partial charge in [-0.1, -0.05) is 55.7 Å². The van der Waals surface area contributed by atoms with Crippen LogP contribution in [0.5, 0.6) is 5.75 Å². The summed E-state index contributed by atoms with van der Waals surface area (Å²) in [5.74, 6) is -2.40. The first-order valence-electron chi connectivity index (χ1n) is 19.1. The van der Waals surface area contributed by atoms with Gasteiger partial charge in [-0.05, 0) is 93.0 Å². The molecule has 1 aromatic heterocycles. The highest BCUT2D eigenvalue weighted by molar-refractivity contribution is 7.90. The largest absolute Gasteiger partial charge is 0.497 e. The Morgan fingerprint density at radius 3 is 2.25 bits per heavy atom. The van der Waals surface area contributed by atoms with Crippen LogP contribution in [-0.4, -0.2) is 78.8 Å². The van der Waals surface area contributed by atoms with E-state index in [1.165, 1.54) is 11.6 Å². The Kier molecular flexibility index (Phi) is 10.6. The van der Waals surface area contributed by atoms with Gasteiger partial charge in [-0.3, -0.25) is 14.5 Å². The van der Waals surface area contributed by atoms with E-state index in [1.807, 2.05) is 57.2 Å². The number of nitrogens with one attached hydrogen (secondary N) is 1. The number of piperidine rings is 1. The molecule has 9 nitrogen and oxygen atoms in total. The quantitative estimate of drug-likeness (QED) is 0.167. The van der Waals surface area contributed by atoms with E-state index in [0.717, 1.165) is 85.9 Å². The molecule has 3 aliphatic heterocycles. The zero-order valence-electron chi connectivity index (χ0n) is 31.8. The number of carbonyl (C=O) groups excluding carboxylic acids is 2. The van der Waals surface area contributed by atoms with Crippen LogP contribution in [0, 0.1) is 12.3 Å². The number of piperazine rings is 1. The minimum absolute atomic E-state index is 0.0405. The molecule has 2 unspecified atom stereocenters. The van der Waals surface area contributed by atoms with Crippen molar-refractivity contribution >= 4 is 32.7 Å². The first-order chi connectivity index (χ1) is 26.0. The van der Waals surface area contributed by atoms with Crippen LogP contribution in [0.15, 0.2) is 66.7 Å². The molecule has 0 radical (unpaired) electrons. The maximum Gasteiger partial charge on any atom is 0.404 e. The molecule has 4 aromatic rings. The molecule has 3 aromatic carbocycles. The van der Waals surface area contributed by atoms with Gasteiger partial charge in [0.15, 0.2) is 5.75 Å². The summed E-state index contributed by atoms with van der Waals surface area (Å²) in [6, 6.07) is 21.2. The van der Waals surface area contributed by atoms with E-state index < -0.39 is 33.3 Å². The van der Waals surface area contributed by atoms with Crippen LogP contribution in [0.2, 0.25) is 0 Å². The Labute approximate surface area is 320 Å². The average Bonchev–Trinajstić information content (AvgIpc) is 3.43. The number of carbonyl (C=O) groups is 2. The fraction of sp³-hybridized carbons (Fsp3) is 0.476. The van der Waals surface area contributed by atoms with Gasteiger partial charge in [0, 0.05) is 60.3 Å². The standard InChI is InChI=1S/C42H49F3N4O5S/c1-27-19-33(54-4)16-18-34(27)38-37(29-13-9-6-10-14-29)35-17-15-30(39(50)46-55(52,53)26-42(43,44)45)20-36(35)48(38)25-41(2,3)40(51)49-31-21-32(49)24-47(23-31)22-28-11-7-5-8-12-28/h5,7-8,11-12,15-20,29,31-32H,6,9-10,13-14,21-26H2,1-4H3,(H,46,50). The second-order valence-corrected chi connectivity index (χ2v) is 17.9. The molecule has 8 rings (SSSR count). The summed E-state index contributed by atoms with van der Waals surface area (Å²) in [5.41, 5.74) is 4.77. The lowest BCUT2D eigenvalue weighted by molar-refractivity contribution is -0.164. The normalized spacial score (nSPS) is 19.7. The van der Waals surface area contributed by atoms with Gasteiger partial charge < -0.3 is 14.2 Å². The van der Waals surface area contributed by atoms with Gasteiger partial charge in [-0.25, -0.2) is 13.1 Å². The van der Waals surface area contributed by atoms with Crippen LogP contribution in [0.3, 0.4) is 0 Å². The molecule has 294 valence electrons. The number of alkyl halides is 3. The second-order valence-electron chi connectivity index (χ2n) is 16.2. The Morgan fingerprint density at radius 1 is 0.927 bits per heavy atom. The van der Waals surface area contributed by atoms with E-state index in [9.17, 15) is 31.2 Å². The lowest BCUT2D eigenvalue weighted by atomic mass is 9.81. The van der Waals surface area contributed by atoms with Crippen molar-refractivity contribution in [2.45, 2.75) is 96.6 Å². The van der Waals surface area contributed by atoms with E-state index in [0.29, 0.717) is 11.3 Å². The van der Waals surface area contributed by atoms with Crippen molar-refractivity contribution in [1.82, 2.24) is 19.1 Å². The summed E-state index contributed by atoms with van der Waals surface area (Å²) in [6.07, 6.45) is 1.09. The molecule has 13 heteroatoms. The van der Waals surface area contributed by atoms with Crippen LogP contribution in [0.25, 0.3) is 22.2 Å². The number of sulfonamides is 1. The Bertz CT molecular complexity index is 2180. The van der Waals surface area contributed by atoms with Gasteiger partial charge in [0.1, 0.15) is 5.75 Å². The SMILES string of the molecule is COc1ccc(-c2c(C3CCCCC3)c3ccc(C(=O)NS(=O)(=O)CC(F)(F)F)cc3n2CC(C)(C)C(=O)N2C3CC2CN(Cc2ccccc2)C3)c(C)c1.